The number of alkyl halides is 1. The van der Waals surface area contributed by atoms with E-state index in [1.165, 1.54) is 37.4 Å². The Balaban J connectivity index is 2.65. The summed E-state index contributed by atoms with van der Waals surface area (Å²) in [7, 11) is 1.49. The van der Waals surface area contributed by atoms with Crippen LogP contribution in [0.25, 0.3) is 11.1 Å². The Labute approximate surface area is 135 Å². The molecule has 0 amide bonds. The Hall–Kier alpha value is -2.10. The second kappa shape index (κ2) is 6.57. The minimum atomic E-state index is -1.33. The van der Waals surface area contributed by atoms with Gasteiger partial charge in [-0.15, -0.1) is 0 Å². The Kier molecular flexibility index (Phi) is 4.93. The molecular formula is C19H22F2O2. The molecular weight excluding hydrogens is 298 g/mol. The van der Waals surface area contributed by atoms with E-state index in [0.29, 0.717) is 17.7 Å². The monoisotopic (exact) mass is 320 g/mol. The molecule has 0 aromatic heterocycles. The highest BCUT2D eigenvalue weighted by Gasteiger charge is 2.31. The molecule has 2 nitrogen and oxygen atoms in total. The number of benzene rings is 2. The van der Waals surface area contributed by atoms with E-state index in [4.69, 9.17) is 4.74 Å². The lowest BCUT2D eigenvalue weighted by Gasteiger charge is -2.29. The predicted molar refractivity (Wildman–Crippen MR) is 88.0 cm³/mol. The number of ether oxygens (including phenoxy) is 1. The predicted octanol–water partition coefficient (Wildman–Crippen LogP) is 5.65. The van der Waals surface area contributed by atoms with Crippen molar-refractivity contribution in [3.63, 3.8) is 0 Å². The summed E-state index contributed by atoms with van der Waals surface area (Å²) in [6.07, 6.45) is -0.718. The summed E-state index contributed by atoms with van der Waals surface area (Å²) in [6.45, 7) is 5.53. The number of hydrogen-bond acceptors (Lipinski definition) is 2. The van der Waals surface area contributed by atoms with Gasteiger partial charge in [-0.05, 0) is 53.3 Å². The van der Waals surface area contributed by atoms with E-state index in [1.54, 1.807) is 6.07 Å². The van der Waals surface area contributed by atoms with E-state index >= 15 is 4.39 Å². The third kappa shape index (κ3) is 3.46. The third-order valence-corrected chi connectivity index (χ3v) is 4.37. The van der Waals surface area contributed by atoms with Crippen molar-refractivity contribution < 1.29 is 18.6 Å². The molecule has 4 heteroatoms. The third-order valence-electron chi connectivity index (χ3n) is 4.37. The van der Waals surface area contributed by atoms with Gasteiger partial charge in [-0.2, -0.15) is 0 Å². The fourth-order valence-corrected chi connectivity index (χ4v) is 2.44. The Bertz CT molecular complexity index is 696. The minimum Gasteiger partial charge on any atom is -0.508 e. The molecule has 0 aliphatic heterocycles. The molecule has 1 unspecified atom stereocenters. The average Bonchev–Trinajstić information content (AvgIpc) is 2.54. The molecule has 0 spiro atoms. The van der Waals surface area contributed by atoms with Gasteiger partial charge in [0, 0.05) is 5.56 Å². The lowest BCUT2D eigenvalue weighted by atomic mass is 9.79. The first-order valence-electron chi connectivity index (χ1n) is 7.61. The Morgan fingerprint density at radius 3 is 2.43 bits per heavy atom. The highest BCUT2D eigenvalue weighted by molar-refractivity contribution is 5.71. The van der Waals surface area contributed by atoms with Crippen molar-refractivity contribution in [3.05, 3.63) is 47.8 Å². The topological polar surface area (TPSA) is 29.5 Å². The van der Waals surface area contributed by atoms with Crippen molar-refractivity contribution in [3.8, 4) is 22.6 Å². The van der Waals surface area contributed by atoms with Crippen LogP contribution in [-0.2, 0) is 0 Å². The Morgan fingerprint density at radius 1 is 1.13 bits per heavy atom. The van der Waals surface area contributed by atoms with Gasteiger partial charge in [-0.25, -0.2) is 8.78 Å². The van der Waals surface area contributed by atoms with E-state index in [1.807, 2.05) is 20.8 Å². The fourth-order valence-electron chi connectivity index (χ4n) is 2.44. The van der Waals surface area contributed by atoms with Gasteiger partial charge in [-0.1, -0.05) is 26.8 Å². The molecule has 2 rings (SSSR count). The van der Waals surface area contributed by atoms with Crippen molar-refractivity contribution in [2.75, 3.05) is 7.11 Å². The molecule has 23 heavy (non-hydrogen) atoms. The van der Waals surface area contributed by atoms with Crippen molar-refractivity contribution in [1.29, 1.82) is 0 Å². The van der Waals surface area contributed by atoms with Crippen LogP contribution in [0, 0.1) is 11.2 Å². The number of rotatable bonds is 5. The fraction of sp³-hybridized carbons (Fsp3) is 0.368. The molecule has 0 saturated carbocycles. The smallest absolute Gasteiger partial charge is 0.131 e. The SMILES string of the molecule is CCC(C)(C)C(F)c1cc(O)ccc1-c1cc(OC)ccc1F. The number of methoxy groups -OCH3 is 1. The second-order valence-corrected chi connectivity index (χ2v) is 6.32. The van der Waals surface area contributed by atoms with Crippen LogP contribution >= 0.6 is 0 Å². The molecule has 0 aliphatic rings. The molecule has 0 radical (unpaired) electrons. The summed E-state index contributed by atoms with van der Waals surface area (Å²) in [5.41, 5.74) is 0.337. The summed E-state index contributed by atoms with van der Waals surface area (Å²) >= 11 is 0. The van der Waals surface area contributed by atoms with Gasteiger partial charge in [0.1, 0.15) is 23.5 Å². The van der Waals surface area contributed by atoms with Gasteiger partial charge < -0.3 is 9.84 Å². The van der Waals surface area contributed by atoms with E-state index in [-0.39, 0.29) is 16.9 Å². The highest BCUT2D eigenvalue weighted by atomic mass is 19.1. The molecule has 0 saturated heterocycles. The number of hydrogen-bond donors (Lipinski definition) is 1. The van der Waals surface area contributed by atoms with Crippen LogP contribution in [0.4, 0.5) is 8.78 Å². The van der Waals surface area contributed by atoms with Gasteiger partial charge in [-0.3, -0.25) is 0 Å². The first kappa shape index (κ1) is 17.3. The largest absolute Gasteiger partial charge is 0.508 e. The van der Waals surface area contributed by atoms with E-state index in [0.717, 1.165) is 0 Å². The zero-order chi connectivity index (χ0) is 17.2. The molecule has 2 aromatic rings. The molecule has 0 bridgehead atoms. The number of phenolic OH excluding ortho intramolecular Hbond substituents is 1. The van der Waals surface area contributed by atoms with E-state index in [2.05, 4.69) is 0 Å². The maximum Gasteiger partial charge on any atom is 0.131 e. The molecule has 2 aromatic carbocycles. The van der Waals surface area contributed by atoms with Gasteiger partial charge in [0.15, 0.2) is 0 Å². The second-order valence-electron chi connectivity index (χ2n) is 6.32. The summed E-state index contributed by atoms with van der Waals surface area (Å²) in [5.74, 6) is -0.00793. The van der Waals surface area contributed by atoms with Crippen LogP contribution < -0.4 is 4.74 Å². The van der Waals surface area contributed by atoms with Crippen LogP contribution in [0.2, 0.25) is 0 Å². The zero-order valence-electron chi connectivity index (χ0n) is 13.9. The standard InChI is InChI=1S/C19H22F2O2/c1-5-19(2,3)18(21)16-10-12(22)6-8-14(16)15-11-13(23-4)7-9-17(15)20/h6-11,18,22H,5H2,1-4H3. The van der Waals surface area contributed by atoms with Crippen molar-refractivity contribution >= 4 is 0 Å². The number of aromatic hydroxyl groups is 1. The van der Waals surface area contributed by atoms with Gasteiger partial charge in [0.2, 0.25) is 0 Å². The van der Waals surface area contributed by atoms with Crippen molar-refractivity contribution in [2.24, 2.45) is 5.41 Å². The van der Waals surface area contributed by atoms with Crippen LogP contribution in [-0.4, -0.2) is 12.2 Å². The summed E-state index contributed by atoms with van der Waals surface area (Å²) < 4.78 is 34.5. The Morgan fingerprint density at radius 2 is 1.83 bits per heavy atom. The quantitative estimate of drug-likeness (QED) is 0.771. The van der Waals surface area contributed by atoms with Gasteiger partial charge in [0.25, 0.3) is 0 Å². The van der Waals surface area contributed by atoms with Gasteiger partial charge >= 0.3 is 0 Å². The minimum absolute atomic E-state index is 0.0402. The molecule has 1 atom stereocenters. The van der Waals surface area contributed by atoms with Crippen molar-refractivity contribution in [1.82, 2.24) is 0 Å². The number of halogens is 2. The zero-order valence-corrected chi connectivity index (χ0v) is 13.9. The highest BCUT2D eigenvalue weighted by Crippen LogP contribution is 2.44. The van der Waals surface area contributed by atoms with Crippen LogP contribution in [0.3, 0.4) is 0 Å². The first-order chi connectivity index (χ1) is 10.8. The van der Waals surface area contributed by atoms with Crippen molar-refractivity contribution in [2.45, 2.75) is 33.4 Å². The van der Waals surface area contributed by atoms with E-state index < -0.39 is 17.4 Å². The molecule has 1 N–H and O–H groups in total. The average molecular weight is 320 g/mol. The summed E-state index contributed by atoms with van der Waals surface area (Å²) in [4.78, 5) is 0. The lowest BCUT2D eigenvalue weighted by molar-refractivity contribution is 0.139. The summed E-state index contributed by atoms with van der Waals surface area (Å²) in [6, 6.07) is 8.70. The van der Waals surface area contributed by atoms with Gasteiger partial charge in [0.05, 0.1) is 7.11 Å². The molecule has 0 aliphatic carbocycles. The van der Waals surface area contributed by atoms with Crippen LogP contribution in [0.5, 0.6) is 11.5 Å². The lowest BCUT2D eigenvalue weighted by Crippen LogP contribution is -2.18. The van der Waals surface area contributed by atoms with Crippen LogP contribution in [0.15, 0.2) is 36.4 Å². The number of phenols is 1. The first-order valence-corrected chi connectivity index (χ1v) is 7.61. The maximum absolute atomic E-state index is 15.1. The normalized spacial score (nSPS) is 13.0. The van der Waals surface area contributed by atoms with E-state index in [9.17, 15) is 9.50 Å². The molecule has 0 fully saturated rings. The molecule has 0 heterocycles. The maximum atomic E-state index is 15.1. The van der Waals surface area contributed by atoms with Crippen LogP contribution in [0.1, 0.15) is 38.9 Å². The summed E-state index contributed by atoms with van der Waals surface area (Å²) in [5, 5.41) is 9.76. The molecule has 124 valence electrons.